The molecule has 0 amide bonds. The smallest absolute Gasteiger partial charge is 0.0244 e. The molecule has 2 aliphatic carbocycles. The van der Waals surface area contributed by atoms with Crippen molar-refractivity contribution in [3.63, 3.8) is 0 Å². The van der Waals surface area contributed by atoms with Gasteiger partial charge in [-0.2, -0.15) is 7.05 Å². The van der Waals surface area contributed by atoms with Crippen LogP contribution in [0.15, 0.2) is 11.6 Å². The Kier molecular flexibility index (Phi) is 3.68. The van der Waals surface area contributed by atoms with Gasteiger partial charge in [-0.25, -0.2) is 0 Å². The van der Waals surface area contributed by atoms with E-state index in [0.717, 1.165) is 17.8 Å². The second kappa shape index (κ2) is 4.76. The van der Waals surface area contributed by atoms with E-state index in [4.69, 9.17) is 5.32 Å². The lowest BCUT2D eigenvalue weighted by molar-refractivity contribution is 0.0788. The predicted molar refractivity (Wildman–Crippen MR) is 75.2 cm³/mol. The molecule has 0 aliphatic heterocycles. The third-order valence-corrected chi connectivity index (χ3v) is 5.41. The largest absolute Gasteiger partial charge is 0.661 e. The highest BCUT2D eigenvalue weighted by atomic mass is 14.9. The van der Waals surface area contributed by atoms with E-state index in [1.165, 1.54) is 25.7 Å². The van der Waals surface area contributed by atoms with Crippen molar-refractivity contribution >= 4 is 0 Å². The molecule has 98 valence electrons. The first kappa shape index (κ1) is 13.1. The molecule has 0 unspecified atom stereocenters. The fraction of sp³-hybridized carbons (Fsp3) is 0.875. The molecule has 0 bridgehead atoms. The molecule has 2 aliphatic rings. The average Bonchev–Trinajstić information content (AvgIpc) is 2.65. The van der Waals surface area contributed by atoms with E-state index < -0.39 is 0 Å². The molecule has 0 heterocycles. The van der Waals surface area contributed by atoms with Gasteiger partial charge in [0.25, 0.3) is 0 Å². The van der Waals surface area contributed by atoms with E-state index in [1.807, 2.05) is 7.05 Å². The molecule has 0 aromatic heterocycles. The van der Waals surface area contributed by atoms with Crippen LogP contribution in [-0.2, 0) is 0 Å². The summed E-state index contributed by atoms with van der Waals surface area (Å²) in [4.78, 5) is 0. The van der Waals surface area contributed by atoms with Crippen molar-refractivity contribution in [3.8, 4) is 0 Å². The normalized spacial score (nSPS) is 42.2. The highest BCUT2D eigenvalue weighted by molar-refractivity contribution is 5.25. The highest BCUT2D eigenvalue weighted by Crippen LogP contribution is 2.55. The van der Waals surface area contributed by atoms with Crippen LogP contribution in [0.25, 0.3) is 5.32 Å². The van der Waals surface area contributed by atoms with Gasteiger partial charge in [-0.05, 0) is 43.4 Å². The zero-order valence-electron chi connectivity index (χ0n) is 12.2. The Bertz CT molecular complexity index is 305. The summed E-state index contributed by atoms with van der Waals surface area (Å²) < 4.78 is 0. The van der Waals surface area contributed by atoms with Crippen LogP contribution in [0.3, 0.4) is 0 Å². The lowest BCUT2D eigenvalue weighted by atomic mass is 9.58. The summed E-state index contributed by atoms with van der Waals surface area (Å²) in [7, 11) is 2.04. The molecule has 1 nitrogen and oxygen atoms in total. The monoisotopic (exact) mass is 234 g/mol. The lowest BCUT2D eigenvalue weighted by Gasteiger charge is -2.57. The maximum Gasteiger partial charge on any atom is -0.0244 e. The van der Waals surface area contributed by atoms with E-state index in [9.17, 15) is 0 Å². The van der Waals surface area contributed by atoms with Gasteiger partial charge >= 0.3 is 0 Å². The summed E-state index contributed by atoms with van der Waals surface area (Å²) in [6.07, 6.45) is 7.98. The van der Waals surface area contributed by atoms with Crippen LogP contribution in [-0.4, -0.2) is 13.1 Å². The quantitative estimate of drug-likeness (QED) is 0.610. The molecule has 0 N–H and O–H groups in total. The summed E-state index contributed by atoms with van der Waals surface area (Å²) in [5, 5.41) is 4.83. The van der Waals surface area contributed by atoms with Crippen molar-refractivity contribution < 1.29 is 0 Å². The molecule has 0 aromatic carbocycles. The molecular weight excluding hydrogens is 206 g/mol. The molecule has 4 atom stereocenters. The molecule has 1 saturated carbocycles. The van der Waals surface area contributed by atoms with Gasteiger partial charge in [0.2, 0.25) is 0 Å². The number of hydrogen-bond acceptors (Lipinski definition) is 0. The minimum Gasteiger partial charge on any atom is -0.661 e. The molecule has 2 rings (SSSR count). The van der Waals surface area contributed by atoms with E-state index >= 15 is 0 Å². The first-order valence-corrected chi connectivity index (χ1v) is 7.28. The van der Waals surface area contributed by atoms with Gasteiger partial charge in [-0.15, -0.1) is 6.04 Å². The van der Waals surface area contributed by atoms with E-state index in [0.29, 0.717) is 11.5 Å². The summed E-state index contributed by atoms with van der Waals surface area (Å²) in [5.74, 6) is 2.37. The van der Waals surface area contributed by atoms with Gasteiger partial charge in [0, 0.05) is 0 Å². The molecule has 0 radical (unpaired) electrons. The minimum atomic E-state index is 0.395. The van der Waals surface area contributed by atoms with E-state index in [2.05, 4.69) is 33.8 Å². The first-order valence-electron chi connectivity index (χ1n) is 7.28. The zero-order valence-corrected chi connectivity index (χ0v) is 12.2. The number of rotatable bonds is 2. The second-order valence-electron chi connectivity index (χ2n) is 6.69. The van der Waals surface area contributed by atoms with Gasteiger partial charge in [0.1, 0.15) is 0 Å². The summed E-state index contributed by atoms with van der Waals surface area (Å²) in [5.41, 5.74) is 1.99. The van der Waals surface area contributed by atoms with Crippen molar-refractivity contribution in [2.24, 2.45) is 23.2 Å². The fourth-order valence-corrected chi connectivity index (χ4v) is 4.33. The van der Waals surface area contributed by atoms with Crippen LogP contribution in [0.1, 0.15) is 53.4 Å². The Hall–Kier alpha value is -0.300. The van der Waals surface area contributed by atoms with Crippen molar-refractivity contribution in [1.29, 1.82) is 0 Å². The molecule has 1 fully saturated rings. The van der Waals surface area contributed by atoms with Crippen LogP contribution in [0.2, 0.25) is 0 Å². The summed E-state index contributed by atoms with van der Waals surface area (Å²) in [6, 6.07) is 0.559. The molecule has 0 saturated heterocycles. The molecule has 1 spiro atoms. The van der Waals surface area contributed by atoms with Crippen molar-refractivity contribution in [2.45, 2.75) is 59.4 Å². The highest BCUT2D eigenvalue weighted by Gasteiger charge is 2.45. The Morgan fingerprint density at radius 2 is 2.06 bits per heavy atom. The zero-order chi connectivity index (χ0) is 12.6. The van der Waals surface area contributed by atoms with Crippen LogP contribution in [0.5, 0.6) is 0 Å². The van der Waals surface area contributed by atoms with Gasteiger partial charge in [-0.3, -0.25) is 0 Å². The predicted octanol–water partition coefficient (Wildman–Crippen LogP) is 4.79. The third kappa shape index (κ3) is 2.07. The van der Waals surface area contributed by atoms with Crippen LogP contribution in [0.4, 0.5) is 0 Å². The Morgan fingerprint density at radius 1 is 1.35 bits per heavy atom. The SMILES string of the molecule is C[N-][C@H]1[C@@H](C(C)C)CC[C@H](C)[C@]12C=C(C)CC2. The Labute approximate surface area is 107 Å². The number of hydrogen-bond donors (Lipinski definition) is 0. The lowest BCUT2D eigenvalue weighted by Crippen LogP contribution is -2.47. The minimum absolute atomic E-state index is 0.395. The van der Waals surface area contributed by atoms with Crippen molar-refractivity contribution in [3.05, 3.63) is 17.0 Å². The van der Waals surface area contributed by atoms with Gasteiger partial charge in [0.15, 0.2) is 0 Å². The topological polar surface area (TPSA) is 14.1 Å². The fourth-order valence-electron chi connectivity index (χ4n) is 4.33. The molecule has 17 heavy (non-hydrogen) atoms. The van der Waals surface area contributed by atoms with Gasteiger partial charge in [0.05, 0.1) is 0 Å². The summed E-state index contributed by atoms with van der Waals surface area (Å²) in [6.45, 7) is 9.49. The summed E-state index contributed by atoms with van der Waals surface area (Å²) >= 11 is 0. The first-order chi connectivity index (χ1) is 8.01. The number of nitrogens with zero attached hydrogens (tertiary/aromatic N) is 1. The Balaban J connectivity index is 2.33. The van der Waals surface area contributed by atoms with Crippen molar-refractivity contribution in [1.82, 2.24) is 0 Å². The van der Waals surface area contributed by atoms with Gasteiger partial charge < -0.3 is 5.32 Å². The van der Waals surface area contributed by atoms with Crippen LogP contribution >= 0.6 is 0 Å². The third-order valence-electron chi connectivity index (χ3n) is 5.41. The maximum atomic E-state index is 4.83. The van der Waals surface area contributed by atoms with E-state index in [-0.39, 0.29) is 0 Å². The van der Waals surface area contributed by atoms with E-state index in [1.54, 1.807) is 5.57 Å². The van der Waals surface area contributed by atoms with Gasteiger partial charge in [-0.1, -0.05) is 44.8 Å². The maximum absolute atomic E-state index is 4.83. The Morgan fingerprint density at radius 3 is 2.53 bits per heavy atom. The van der Waals surface area contributed by atoms with Crippen LogP contribution < -0.4 is 0 Å². The standard InChI is InChI=1S/C16H28N/c1-11(2)14-7-6-13(4)16(15(14)17-5)9-8-12(3)10-16/h10-11,13-15H,6-9H2,1-5H3/q-1/t13-,14+,15-,16-/m0/s1. The van der Waals surface area contributed by atoms with Crippen molar-refractivity contribution in [2.75, 3.05) is 7.05 Å². The van der Waals surface area contributed by atoms with Crippen LogP contribution in [0, 0.1) is 23.2 Å². The number of allylic oxidation sites excluding steroid dienone is 1. The molecule has 0 aromatic rings. The molecule has 1 heteroatoms. The average molecular weight is 234 g/mol. The second-order valence-corrected chi connectivity index (χ2v) is 6.69. The molecular formula is C16H28N-.